The minimum Gasteiger partial charge on any atom is -0.457 e. The molecule has 14 heteroatoms. The Morgan fingerprint density at radius 3 is 1.66 bits per heavy atom. The Labute approximate surface area is 256 Å². The van der Waals surface area contributed by atoms with Gasteiger partial charge in [-0.05, 0) is 97.1 Å². The Balaban J connectivity index is 0.000000195. The second-order valence-electron chi connectivity index (χ2n) is 9.36. The molecule has 0 unspecified atom stereocenters. The molecule has 1 amide bonds. The third-order valence-corrected chi connectivity index (χ3v) is 8.45. The summed E-state index contributed by atoms with van der Waals surface area (Å²) in [6.45, 7) is 0. The Hall–Kier alpha value is -4.79. The number of furan rings is 2. The number of halogens is 1. The Kier molecular flexibility index (Phi) is 8.41. The van der Waals surface area contributed by atoms with E-state index in [1.54, 1.807) is 66.7 Å². The van der Waals surface area contributed by atoms with E-state index in [-0.39, 0.29) is 21.5 Å². The van der Waals surface area contributed by atoms with Crippen molar-refractivity contribution in [3.05, 3.63) is 113 Å². The molecule has 5 N–H and O–H groups in total. The molecule has 0 saturated heterocycles. The van der Waals surface area contributed by atoms with E-state index in [0.29, 0.717) is 56.5 Å². The SMILES string of the molecule is NS(=O)(=O)c1ccc(-c2ccc(/C=C3/C(=O)Nc4ccc(Cl)cc43)o2)cc1.NS(=O)(=O)c1ccc(-c2ccc(C=O)o2)cc1. The largest absolute Gasteiger partial charge is 0.457 e. The Bertz CT molecular complexity index is 2130. The van der Waals surface area contributed by atoms with E-state index >= 15 is 0 Å². The molecule has 0 aliphatic carbocycles. The molecule has 1 aliphatic heterocycles. The highest BCUT2D eigenvalue weighted by Gasteiger charge is 2.24. The Morgan fingerprint density at radius 1 is 0.682 bits per heavy atom. The van der Waals surface area contributed by atoms with Crippen molar-refractivity contribution in [1.82, 2.24) is 0 Å². The molecule has 3 aromatic carbocycles. The monoisotopic (exact) mass is 651 g/mol. The number of aldehydes is 1. The number of benzene rings is 3. The van der Waals surface area contributed by atoms with E-state index in [0.717, 1.165) is 0 Å². The van der Waals surface area contributed by atoms with Gasteiger partial charge in [0.05, 0.1) is 15.4 Å². The predicted octanol–water partition coefficient (Wildman–Crippen LogP) is 5.15. The van der Waals surface area contributed by atoms with E-state index in [1.165, 1.54) is 30.3 Å². The summed E-state index contributed by atoms with van der Waals surface area (Å²) < 4.78 is 55.7. The van der Waals surface area contributed by atoms with Gasteiger partial charge in [-0.2, -0.15) is 0 Å². The van der Waals surface area contributed by atoms with Crippen LogP contribution in [0.5, 0.6) is 0 Å². The maximum Gasteiger partial charge on any atom is 0.256 e. The third kappa shape index (κ3) is 6.88. The fourth-order valence-corrected chi connectivity index (χ4v) is 5.42. The van der Waals surface area contributed by atoms with E-state index in [4.69, 9.17) is 30.7 Å². The van der Waals surface area contributed by atoms with Crippen molar-refractivity contribution in [1.29, 1.82) is 0 Å². The maximum absolute atomic E-state index is 12.2. The van der Waals surface area contributed by atoms with Crippen LogP contribution in [-0.4, -0.2) is 29.0 Å². The number of anilines is 1. The first-order valence-electron chi connectivity index (χ1n) is 12.6. The number of hydrogen-bond donors (Lipinski definition) is 3. The lowest BCUT2D eigenvalue weighted by molar-refractivity contribution is -0.110. The molecule has 11 nitrogen and oxygen atoms in total. The van der Waals surface area contributed by atoms with Crippen LogP contribution in [0.15, 0.2) is 110 Å². The zero-order chi connectivity index (χ0) is 31.6. The van der Waals surface area contributed by atoms with Crippen LogP contribution in [0.2, 0.25) is 5.02 Å². The van der Waals surface area contributed by atoms with Crippen molar-refractivity contribution in [3.8, 4) is 22.6 Å². The number of nitrogens with two attached hydrogens (primary N) is 2. The molecule has 1 aliphatic rings. The quantitative estimate of drug-likeness (QED) is 0.166. The zero-order valence-electron chi connectivity index (χ0n) is 22.4. The van der Waals surface area contributed by atoms with E-state index in [1.807, 2.05) is 0 Å². The number of primary sulfonamides is 2. The average molecular weight is 652 g/mol. The van der Waals surface area contributed by atoms with Crippen LogP contribution in [0.3, 0.4) is 0 Å². The lowest BCUT2D eigenvalue weighted by Crippen LogP contribution is -2.11. The number of rotatable bonds is 6. The van der Waals surface area contributed by atoms with Gasteiger partial charge in [0.2, 0.25) is 20.0 Å². The van der Waals surface area contributed by atoms with E-state index in [9.17, 15) is 26.4 Å². The molecule has 3 heterocycles. The summed E-state index contributed by atoms with van der Waals surface area (Å²) in [7, 11) is -7.43. The minimum atomic E-state index is -3.75. The van der Waals surface area contributed by atoms with Crippen molar-refractivity contribution in [3.63, 3.8) is 0 Å². The molecule has 44 heavy (non-hydrogen) atoms. The predicted molar refractivity (Wildman–Crippen MR) is 164 cm³/mol. The lowest BCUT2D eigenvalue weighted by atomic mass is 10.1. The molecule has 5 aromatic rings. The fraction of sp³-hybridized carbons (Fsp3) is 0. The standard InChI is InChI=1S/C19H13ClN2O4S.C11H9NO4S/c20-12-3-7-17-15(9-12)16(19(23)22-17)10-13-4-8-18(26-13)11-1-5-14(6-2-11)27(21,24)25;12-17(14,15)10-4-1-8(2-5-10)11-6-3-9(7-13)16-11/h1-10H,(H,22,23)(H2,21,24,25);1-7H,(H2,12,14,15)/b16-10+;. The molecule has 0 atom stereocenters. The molecule has 2 aromatic heterocycles. The van der Waals surface area contributed by atoms with Crippen molar-refractivity contribution in [2.24, 2.45) is 10.3 Å². The van der Waals surface area contributed by atoms with Gasteiger partial charge < -0.3 is 14.2 Å². The average Bonchev–Trinajstić information content (AvgIpc) is 3.73. The summed E-state index contributed by atoms with van der Waals surface area (Å²) in [6.07, 6.45) is 2.24. The Morgan fingerprint density at radius 2 is 1.18 bits per heavy atom. The molecule has 0 spiro atoms. The van der Waals surface area contributed by atoms with Gasteiger partial charge in [0.25, 0.3) is 5.91 Å². The van der Waals surface area contributed by atoms with Crippen LogP contribution >= 0.6 is 11.6 Å². The molecule has 0 bridgehead atoms. The van der Waals surface area contributed by atoms with Gasteiger partial charge in [0.15, 0.2) is 12.0 Å². The number of carbonyl (C=O) groups excluding carboxylic acids is 2. The summed E-state index contributed by atoms with van der Waals surface area (Å²) in [5.41, 5.74) is 3.22. The number of amides is 1. The third-order valence-electron chi connectivity index (χ3n) is 6.36. The lowest BCUT2D eigenvalue weighted by Gasteiger charge is -2.00. The molecule has 0 radical (unpaired) electrons. The summed E-state index contributed by atoms with van der Waals surface area (Å²) in [6, 6.07) is 23.7. The summed E-state index contributed by atoms with van der Waals surface area (Å²) in [5.74, 6) is 1.50. The number of sulfonamides is 2. The number of fused-ring (bicyclic) bond motifs is 1. The molecule has 224 valence electrons. The van der Waals surface area contributed by atoms with Crippen LogP contribution in [0.4, 0.5) is 5.69 Å². The molecular weight excluding hydrogens is 630 g/mol. The van der Waals surface area contributed by atoms with Gasteiger partial charge in [0.1, 0.15) is 17.3 Å². The van der Waals surface area contributed by atoms with Crippen LogP contribution in [-0.2, 0) is 24.8 Å². The minimum absolute atomic E-state index is 0.0243. The highest BCUT2D eigenvalue weighted by atomic mass is 35.5. The van der Waals surface area contributed by atoms with Crippen molar-refractivity contribution >= 4 is 61.2 Å². The van der Waals surface area contributed by atoms with Crippen LogP contribution in [0, 0.1) is 0 Å². The first kappa shape index (κ1) is 30.7. The summed E-state index contributed by atoms with van der Waals surface area (Å²) in [4.78, 5) is 22.7. The van der Waals surface area contributed by atoms with Crippen LogP contribution in [0.25, 0.3) is 34.3 Å². The maximum atomic E-state index is 12.2. The normalized spacial score (nSPS) is 13.6. The van der Waals surface area contributed by atoms with Crippen molar-refractivity contribution in [2.75, 3.05) is 5.32 Å². The van der Waals surface area contributed by atoms with Gasteiger partial charge in [-0.25, -0.2) is 27.1 Å². The molecular formula is C30H22ClN3O8S2. The first-order valence-corrected chi connectivity index (χ1v) is 16.0. The number of carbonyl (C=O) groups is 2. The van der Waals surface area contributed by atoms with E-state index < -0.39 is 20.0 Å². The number of nitrogens with one attached hydrogen (secondary N) is 1. The molecule has 0 fully saturated rings. The first-order chi connectivity index (χ1) is 20.8. The van der Waals surface area contributed by atoms with Gasteiger partial charge in [-0.1, -0.05) is 11.6 Å². The van der Waals surface area contributed by atoms with Gasteiger partial charge in [-0.15, -0.1) is 0 Å². The van der Waals surface area contributed by atoms with Gasteiger partial charge in [0, 0.05) is 27.4 Å². The van der Waals surface area contributed by atoms with Crippen molar-refractivity contribution < 1.29 is 35.3 Å². The zero-order valence-corrected chi connectivity index (χ0v) is 24.8. The second-order valence-corrected chi connectivity index (χ2v) is 12.9. The topological polar surface area (TPSA) is 193 Å². The van der Waals surface area contributed by atoms with Crippen LogP contribution in [0.1, 0.15) is 21.9 Å². The highest BCUT2D eigenvalue weighted by Crippen LogP contribution is 2.35. The highest BCUT2D eigenvalue weighted by molar-refractivity contribution is 7.89. The van der Waals surface area contributed by atoms with E-state index in [2.05, 4.69) is 5.32 Å². The fourth-order valence-electron chi connectivity index (χ4n) is 4.22. The van der Waals surface area contributed by atoms with Gasteiger partial charge in [-0.3, -0.25) is 9.59 Å². The molecule has 6 rings (SSSR count). The van der Waals surface area contributed by atoms with Crippen LogP contribution < -0.4 is 15.6 Å². The summed E-state index contributed by atoms with van der Waals surface area (Å²) >= 11 is 6.03. The summed E-state index contributed by atoms with van der Waals surface area (Å²) in [5, 5.41) is 13.4. The second kappa shape index (κ2) is 12.1. The number of hydrogen-bond acceptors (Lipinski definition) is 8. The van der Waals surface area contributed by atoms with Gasteiger partial charge >= 0.3 is 0 Å². The van der Waals surface area contributed by atoms with Crippen molar-refractivity contribution in [2.45, 2.75) is 9.79 Å². The smallest absolute Gasteiger partial charge is 0.256 e. The molecule has 0 saturated carbocycles.